The van der Waals surface area contributed by atoms with Crippen LogP contribution in [0.2, 0.25) is 0 Å². The van der Waals surface area contributed by atoms with Gasteiger partial charge in [0.25, 0.3) is 5.91 Å². The van der Waals surface area contributed by atoms with Crippen LogP contribution < -0.4 is 4.74 Å². The van der Waals surface area contributed by atoms with Gasteiger partial charge < -0.3 is 14.7 Å². The summed E-state index contributed by atoms with van der Waals surface area (Å²) in [7, 11) is 1.77. The zero-order valence-corrected chi connectivity index (χ0v) is 15.6. The van der Waals surface area contributed by atoms with E-state index < -0.39 is 12.2 Å². The standard InChI is InChI=1S/C20H31NO3/c1-14(19(23)21(5)17-8-6-7-9-18(17)22)24-16-12-10-15(11-13-16)20(2,3)4/h10-14,17-18,22H,6-9H2,1-5H3/t14-,17+,18-/m0/s1. The maximum Gasteiger partial charge on any atom is 0.263 e. The average Bonchev–Trinajstić information content (AvgIpc) is 2.53. The van der Waals surface area contributed by atoms with Crippen LogP contribution in [0.15, 0.2) is 24.3 Å². The molecule has 1 aromatic carbocycles. The van der Waals surface area contributed by atoms with E-state index in [1.807, 2.05) is 24.3 Å². The zero-order chi connectivity index (χ0) is 17.9. The quantitative estimate of drug-likeness (QED) is 0.917. The summed E-state index contributed by atoms with van der Waals surface area (Å²) in [5.74, 6) is 0.613. The van der Waals surface area contributed by atoms with Gasteiger partial charge in [-0.1, -0.05) is 45.7 Å². The van der Waals surface area contributed by atoms with Gasteiger partial charge in [-0.25, -0.2) is 0 Å². The van der Waals surface area contributed by atoms with Crippen LogP contribution in [0.1, 0.15) is 58.9 Å². The number of aliphatic hydroxyl groups is 1. The second kappa shape index (κ2) is 7.56. The number of benzene rings is 1. The van der Waals surface area contributed by atoms with E-state index in [0.717, 1.165) is 25.7 Å². The average molecular weight is 333 g/mol. The molecule has 24 heavy (non-hydrogen) atoms. The summed E-state index contributed by atoms with van der Waals surface area (Å²) >= 11 is 0. The summed E-state index contributed by atoms with van der Waals surface area (Å²) in [5.41, 5.74) is 1.33. The Balaban J connectivity index is 1.98. The molecule has 0 heterocycles. The van der Waals surface area contributed by atoms with E-state index in [1.54, 1.807) is 18.9 Å². The molecule has 1 N–H and O–H groups in total. The molecule has 2 rings (SSSR count). The van der Waals surface area contributed by atoms with Gasteiger partial charge in [-0.05, 0) is 42.9 Å². The molecule has 0 saturated heterocycles. The molecular weight excluding hydrogens is 302 g/mol. The van der Waals surface area contributed by atoms with E-state index in [0.29, 0.717) is 5.75 Å². The lowest BCUT2D eigenvalue weighted by Crippen LogP contribution is -2.50. The molecule has 0 radical (unpaired) electrons. The number of amides is 1. The monoisotopic (exact) mass is 333 g/mol. The minimum Gasteiger partial charge on any atom is -0.481 e. The van der Waals surface area contributed by atoms with Crippen molar-refractivity contribution >= 4 is 5.91 Å². The number of carbonyl (C=O) groups is 1. The van der Waals surface area contributed by atoms with E-state index in [2.05, 4.69) is 20.8 Å². The Morgan fingerprint density at radius 3 is 2.33 bits per heavy atom. The minimum atomic E-state index is -0.565. The Hall–Kier alpha value is -1.55. The van der Waals surface area contributed by atoms with Crippen LogP contribution in [0.4, 0.5) is 0 Å². The summed E-state index contributed by atoms with van der Waals surface area (Å²) in [4.78, 5) is 14.3. The molecule has 134 valence electrons. The van der Waals surface area contributed by atoms with Crippen molar-refractivity contribution < 1.29 is 14.6 Å². The number of nitrogens with zero attached hydrogens (tertiary/aromatic N) is 1. The van der Waals surface area contributed by atoms with Crippen LogP contribution in [0.25, 0.3) is 0 Å². The molecule has 1 fully saturated rings. The summed E-state index contributed by atoms with van der Waals surface area (Å²) in [6.07, 6.45) is 2.73. The third-order valence-electron chi connectivity index (χ3n) is 4.92. The molecule has 1 amide bonds. The molecule has 1 aromatic rings. The van der Waals surface area contributed by atoms with Crippen molar-refractivity contribution in [1.82, 2.24) is 4.90 Å². The Morgan fingerprint density at radius 2 is 1.79 bits per heavy atom. The number of ether oxygens (including phenoxy) is 1. The van der Waals surface area contributed by atoms with Crippen LogP contribution in [0.3, 0.4) is 0 Å². The van der Waals surface area contributed by atoms with Crippen molar-refractivity contribution in [2.24, 2.45) is 0 Å². The van der Waals surface area contributed by atoms with E-state index in [1.165, 1.54) is 5.56 Å². The van der Waals surface area contributed by atoms with Crippen LogP contribution in [-0.2, 0) is 10.2 Å². The second-order valence-corrected chi connectivity index (χ2v) is 7.90. The first-order valence-electron chi connectivity index (χ1n) is 8.92. The van der Waals surface area contributed by atoms with Crippen molar-refractivity contribution in [3.05, 3.63) is 29.8 Å². The topological polar surface area (TPSA) is 49.8 Å². The van der Waals surface area contributed by atoms with Gasteiger partial charge in [-0.2, -0.15) is 0 Å². The summed E-state index contributed by atoms with van der Waals surface area (Å²) in [6.45, 7) is 8.27. The fraction of sp³-hybridized carbons (Fsp3) is 0.650. The maximum atomic E-state index is 12.6. The van der Waals surface area contributed by atoms with Crippen molar-refractivity contribution in [3.63, 3.8) is 0 Å². The van der Waals surface area contributed by atoms with Gasteiger partial charge in [0.05, 0.1) is 12.1 Å². The van der Waals surface area contributed by atoms with Gasteiger partial charge in [0.1, 0.15) is 5.75 Å². The molecule has 1 saturated carbocycles. The number of hydrogen-bond acceptors (Lipinski definition) is 3. The van der Waals surface area contributed by atoms with E-state index in [9.17, 15) is 9.90 Å². The van der Waals surface area contributed by atoms with Crippen molar-refractivity contribution in [2.75, 3.05) is 7.05 Å². The van der Waals surface area contributed by atoms with Crippen molar-refractivity contribution in [1.29, 1.82) is 0 Å². The van der Waals surface area contributed by atoms with Crippen LogP contribution in [0.5, 0.6) is 5.75 Å². The Morgan fingerprint density at radius 1 is 1.21 bits per heavy atom. The molecule has 0 unspecified atom stereocenters. The summed E-state index contributed by atoms with van der Waals surface area (Å²) < 4.78 is 5.82. The third kappa shape index (κ3) is 4.50. The maximum absolute atomic E-state index is 12.6. The van der Waals surface area contributed by atoms with Crippen molar-refractivity contribution in [3.8, 4) is 5.75 Å². The summed E-state index contributed by atoms with van der Waals surface area (Å²) in [5, 5.41) is 10.1. The lowest BCUT2D eigenvalue weighted by Gasteiger charge is -2.36. The molecule has 0 aliphatic heterocycles. The van der Waals surface area contributed by atoms with E-state index >= 15 is 0 Å². The fourth-order valence-electron chi connectivity index (χ4n) is 3.28. The Bertz CT molecular complexity index is 547. The highest BCUT2D eigenvalue weighted by molar-refractivity contribution is 5.81. The Kier molecular flexibility index (Phi) is 5.92. The highest BCUT2D eigenvalue weighted by Crippen LogP contribution is 2.26. The molecule has 0 spiro atoms. The number of aliphatic hydroxyl groups excluding tert-OH is 1. The molecule has 4 heteroatoms. The molecular formula is C20H31NO3. The van der Waals surface area contributed by atoms with E-state index in [4.69, 9.17) is 4.74 Å². The number of rotatable bonds is 4. The zero-order valence-electron chi connectivity index (χ0n) is 15.6. The highest BCUT2D eigenvalue weighted by atomic mass is 16.5. The molecule has 1 aliphatic carbocycles. The molecule has 0 aromatic heterocycles. The van der Waals surface area contributed by atoms with Gasteiger partial charge in [0.2, 0.25) is 0 Å². The highest BCUT2D eigenvalue weighted by Gasteiger charge is 2.32. The predicted molar refractivity (Wildman–Crippen MR) is 96.3 cm³/mol. The third-order valence-corrected chi connectivity index (χ3v) is 4.92. The lowest BCUT2D eigenvalue weighted by molar-refractivity contribution is -0.142. The predicted octanol–water partition coefficient (Wildman–Crippen LogP) is 3.51. The Labute approximate surface area is 145 Å². The van der Waals surface area contributed by atoms with Gasteiger partial charge in [-0.15, -0.1) is 0 Å². The van der Waals surface area contributed by atoms with Crippen LogP contribution in [0, 0.1) is 0 Å². The molecule has 1 aliphatic rings. The van der Waals surface area contributed by atoms with Crippen LogP contribution >= 0.6 is 0 Å². The van der Waals surface area contributed by atoms with Crippen LogP contribution in [-0.4, -0.2) is 41.2 Å². The van der Waals surface area contributed by atoms with Gasteiger partial charge >= 0.3 is 0 Å². The van der Waals surface area contributed by atoms with Gasteiger partial charge in [-0.3, -0.25) is 4.79 Å². The number of carbonyl (C=O) groups excluding carboxylic acids is 1. The largest absolute Gasteiger partial charge is 0.481 e. The fourth-order valence-corrected chi connectivity index (χ4v) is 3.28. The molecule has 3 atom stereocenters. The smallest absolute Gasteiger partial charge is 0.263 e. The van der Waals surface area contributed by atoms with Crippen molar-refractivity contribution in [2.45, 2.75) is 77.0 Å². The number of hydrogen-bond donors (Lipinski definition) is 1. The SMILES string of the molecule is C[C@H](Oc1ccc(C(C)(C)C)cc1)C(=O)N(C)[C@@H]1CCCC[C@@H]1O. The first-order chi connectivity index (χ1) is 11.2. The molecule has 4 nitrogen and oxygen atoms in total. The first-order valence-corrected chi connectivity index (χ1v) is 8.92. The van der Waals surface area contributed by atoms with E-state index in [-0.39, 0.29) is 17.4 Å². The summed E-state index contributed by atoms with van der Waals surface area (Å²) in [6, 6.07) is 7.82. The first kappa shape index (κ1) is 18.8. The van der Waals surface area contributed by atoms with Gasteiger partial charge in [0.15, 0.2) is 6.10 Å². The minimum absolute atomic E-state index is 0.0825. The second-order valence-electron chi connectivity index (χ2n) is 7.90. The number of likely N-dealkylation sites (N-methyl/N-ethyl adjacent to an activating group) is 1. The van der Waals surface area contributed by atoms with Gasteiger partial charge in [0, 0.05) is 7.05 Å². The normalized spacial score (nSPS) is 22.8. The lowest BCUT2D eigenvalue weighted by atomic mass is 9.87. The molecule has 0 bridgehead atoms.